The normalized spacial score (nSPS) is 17.1. The summed E-state index contributed by atoms with van der Waals surface area (Å²) < 4.78 is 0. The van der Waals surface area contributed by atoms with E-state index in [9.17, 15) is 9.59 Å². The van der Waals surface area contributed by atoms with Gasteiger partial charge in [0.25, 0.3) is 5.91 Å². The van der Waals surface area contributed by atoms with Crippen LogP contribution >= 0.6 is 11.3 Å². The van der Waals surface area contributed by atoms with Gasteiger partial charge < -0.3 is 10.2 Å². The zero-order valence-corrected chi connectivity index (χ0v) is 14.7. The predicted molar refractivity (Wildman–Crippen MR) is 93.8 cm³/mol. The Morgan fingerprint density at radius 1 is 1.33 bits per heavy atom. The van der Waals surface area contributed by atoms with Crippen molar-refractivity contribution < 1.29 is 9.59 Å². The van der Waals surface area contributed by atoms with Crippen LogP contribution in [-0.2, 0) is 11.3 Å². The number of carbonyl (C=O) groups is 2. The average Bonchev–Trinajstić information content (AvgIpc) is 3.22. The zero-order chi connectivity index (χ0) is 17.1. The maximum Gasteiger partial charge on any atom is 0.264 e. The molecule has 0 unspecified atom stereocenters. The van der Waals surface area contributed by atoms with E-state index in [0.717, 1.165) is 40.4 Å². The summed E-state index contributed by atoms with van der Waals surface area (Å²) in [4.78, 5) is 32.1. The van der Waals surface area contributed by atoms with Gasteiger partial charge in [-0.15, -0.1) is 11.3 Å². The van der Waals surface area contributed by atoms with E-state index in [-0.39, 0.29) is 17.9 Å². The van der Waals surface area contributed by atoms with Crippen LogP contribution in [0.15, 0.2) is 30.5 Å². The lowest BCUT2D eigenvalue weighted by Gasteiger charge is -2.24. The fourth-order valence-electron chi connectivity index (χ4n) is 2.97. The molecule has 0 saturated carbocycles. The summed E-state index contributed by atoms with van der Waals surface area (Å²) in [5.41, 5.74) is 1.87. The van der Waals surface area contributed by atoms with Crippen molar-refractivity contribution in [3.63, 3.8) is 0 Å². The number of thiophene rings is 1. The fourth-order valence-corrected chi connectivity index (χ4v) is 3.80. The van der Waals surface area contributed by atoms with Crippen molar-refractivity contribution in [1.82, 2.24) is 15.2 Å². The third-order valence-electron chi connectivity index (χ3n) is 4.20. The lowest BCUT2D eigenvalue weighted by molar-refractivity contribution is -0.119. The third kappa shape index (κ3) is 3.64. The van der Waals surface area contributed by atoms with Gasteiger partial charge >= 0.3 is 0 Å². The number of pyridine rings is 1. The van der Waals surface area contributed by atoms with Gasteiger partial charge in [0.2, 0.25) is 5.91 Å². The molecule has 3 heterocycles. The number of hydrogen-bond acceptors (Lipinski definition) is 4. The molecule has 2 aromatic rings. The van der Waals surface area contributed by atoms with E-state index in [4.69, 9.17) is 0 Å². The smallest absolute Gasteiger partial charge is 0.264 e. The summed E-state index contributed by atoms with van der Waals surface area (Å²) in [5, 5.41) is 2.76. The molecule has 1 saturated heterocycles. The van der Waals surface area contributed by atoms with Gasteiger partial charge in [0.1, 0.15) is 0 Å². The van der Waals surface area contributed by atoms with E-state index < -0.39 is 0 Å². The Bertz CT molecular complexity index is 739. The lowest BCUT2D eigenvalue weighted by atomic mass is 10.1. The van der Waals surface area contributed by atoms with Crippen molar-refractivity contribution in [1.29, 1.82) is 0 Å². The molecule has 0 bridgehead atoms. The minimum Gasteiger partial charge on any atom is -0.352 e. The van der Waals surface area contributed by atoms with E-state index in [1.54, 1.807) is 6.20 Å². The maximum absolute atomic E-state index is 12.7. The van der Waals surface area contributed by atoms with Crippen LogP contribution in [0.2, 0.25) is 0 Å². The minimum atomic E-state index is -0.0575. The molecule has 3 rings (SSSR count). The Morgan fingerprint density at radius 3 is 2.79 bits per heavy atom. The molecule has 0 aromatic carbocycles. The number of aromatic nitrogens is 1. The molecule has 1 N–H and O–H groups in total. The number of hydrogen-bond donors (Lipinski definition) is 1. The molecule has 0 radical (unpaired) electrons. The van der Waals surface area contributed by atoms with Crippen molar-refractivity contribution in [2.24, 2.45) is 0 Å². The quantitative estimate of drug-likeness (QED) is 0.928. The lowest BCUT2D eigenvalue weighted by Crippen LogP contribution is -2.30. The Kier molecular flexibility index (Phi) is 4.94. The number of aryl methyl sites for hydroxylation is 1. The molecule has 2 amide bonds. The van der Waals surface area contributed by atoms with Crippen molar-refractivity contribution in [3.8, 4) is 0 Å². The monoisotopic (exact) mass is 343 g/mol. The van der Waals surface area contributed by atoms with Gasteiger partial charge in [0.05, 0.1) is 16.6 Å². The first-order valence-corrected chi connectivity index (χ1v) is 8.93. The molecule has 6 heteroatoms. The van der Waals surface area contributed by atoms with Gasteiger partial charge in [0.15, 0.2) is 0 Å². The first-order valence-electron chi connectivity index (χ1n) is 8.11. The number of amides is 2. The molecule has 126 valence electrons. The van der Waals surface area contributed by atoms with Crippen LogP contribution in [0.1, 0.15) is 51.6 Å². The Balaban J connectivity index is 1.73. The van der Waals surface area contributed by atoms with Crippen LogP contribution in [0.3, 0.4) is 0 Å². The fraction of sp³-hybridized carbons (Fsp3) is 0.389. The second-order valence-corrected chi connectivity index (χ2v) is 7.36. The first-order chi connectivity index (χ1) is 11.5. The molecule has 24 heavy (non-hydrogen) atoms. The summed E-state index contributed by atoms with van der Waals surface area (Å²) in [5.74, 6) is 0.0394. The Morgan fingerprint density at radius 2 is 2.17 bits per heavy atom. The first kappa shape index (κ1) is 16.6. The molecule has 0 aliphatic carbocycles. The van der Waals surface area contributed by atoms with Gasteiger partial charge in [-0.1, -0.05) is 6.07 Å². The largest absolute Gasteiger partial charge is 0.352 e. The van der Waals surface area contributed by atoms with Crippen LogP contribution in [0.5, 0.6) is 0 Å². The zero-order valence-electron chi connectivity index (χ0n) is 13.9. The summed E-state index contributed by atoms with van der Waals surface area (Å²) in [6.07, 6.45) is 3.71. The van der Waals surface area contributed by atoms with Gasteiger partial charge in [-0.2, -0.15) is 0 Å². The molecule has 1 fully saturated rings. The standard InChI is InChI=1S/C18H21N3O2S/c1-12-5-8-17(24-12)18(23)21-9-3-4-16(21)15-7-6-14(11-20-15)10-19-13(2)22/h5-8,11,16H,3-4,9-10H2,1-2H3,(H,19,22)/t16-/m0/s1. The molecule has 1 aliphatic rings. The highest BCUT2D eigenvalue weighted by Crippen LogP contribution is 2.33. The SMILES string of the molecule is CC(=O)NCc1ccc([C@@H]2CCCN2C(=O)c2ccc(C)s2)nc1. The van der Waals surface area contributed by atoms with Gasteiger partial charge in [-0.05, 0) is 43.5 Å². The number of nitrogens with one attached hydrogen (secondary N) is 1. The van der Waals surface area contributed by atoms with Gasteiger partial charge in [-0.25, -0.2) is 0 Å². The van der Waals surface area contributed by atoms with Crippen LogP contribution in [0.25, 0.3) is 0 Å². The predicted octanol–water partition coefficient (Wildman–Crippen LogP) is 3.06. The Hall–Kier alpha value is -2.21. The summed E-state index contributed by atoms with van der Waals surface area (Å²) in [6, 6.07) is 7.86. The summed E-state index contributed by atoms with van der Waals surface area (Å²) in [6.45, 7) is 4.76. The topological polar surface area (TPSA) is 62.3 Å². The highest BCUT2D eigenvalue weighted by Gasteiger charge is 2.31. The van der Waals surface area contributed by atoms with Crippen molar-refractivity contribution in [2.75, 3.05) is 6.54 Å². The van der Waals surface area contributed by atoms with Crippen LogP contribution in [0.4, 0.5) is 0 Å². The highest BCUT2D eigenvalue weighted by molar-refractivity contribution is 7.13. The number of rotatable bonds is 4. The van der Waals surface area contributed by atoms with E-state index >= 15 is 0 Å². The summed E-state index contributed by atoms with van der Waals surface area (Å²) in [7, 11) is 0. The maximum atomic E-state index is 12.7. The third-order valence-corrected chi connectivity index (χ3v) is 5.18. The van der Waals surface area contributed by atoms with Crippen molar-refractivity contribution in [3.05, 3.63) is 51.5 Å². The van der Waals surface area contributed by atoms with E-state index in [1.807, 2.05) is 36.1 Å². The summed E-state index contributed by atoms with van der Waals surface area (Å²) >= 11 is 1.54. The van der Waals surface area contributed by atoms with Crippen LogP contribution in [-0.4, -0.2) is 28.2 Å². The minimum absolute atomic E-state index is 0.0368. The van der Waals surface area contributed by atoms with Crippen molar-refractivity contribution >= 4 is 23.2 Å². The van der Waals surface area contributed by atoms with Crippen LogP contribution < -0.4 is 5.32 Å². The molecule has 1 atom stereocenters. The van der Waals surface area contributed by atoms with E-state index in [1.165, 1.54) is 18.3 Å². The second kappa shape index (κ2) is 7.13. The number of likely N-dealkylation sites (tertiary alicyclic amines) is 1. The van der Waals surface area contributed by atoms with E-state index in [0.29, 0.717) is 6.54 Å². The van der Waals surface area contributed by atoms with Crippen LogP contribution in [0, 0.1) is 6.92 Å². The average molecular weight is 343 g/mol. The highest BCUT2D eigenvalue weighted by atomic mass is 32.1. The molecular weight excluding hydrogens is 322 g/mol. The number of carbonyl (C=O) groups excluding carboxylic acids is 2. The van der Waals surface area contributed by atoms with E-state index in [2.05, 4.69) is 10.3 Å². The molecule has 1 aliphatic heterocycles. The molecule has 5 nitrogen and oxygen atoms in total. The molecule has 0 spiro atoms. The Labute approximate surface area is 145 Å². The molecule has 2 aromatic heterocycles. The number of nitrogens with zero attached hydrogens (tertiary/aromatic N) is 2. The second-order valence-electron chi connectivity index (χ2n) is 6.07. The molecular formula is C18H21N3O2S. The van der Waals surface area contributed by atoms with Gasteiger partial charge in [-0.3, -0.25) is 14.6 Å². The van der Waals surface area contributed by atoms with Crippen molar-refractivity contribution in [2.45, 2.75) is 39.3 Å². The van der Waals surface area contributed by atoms with Gasteiger partial charge in [0, 0.05) is 31.1 Å².